The fourth-order valence-electron chi connectivity index (χ4n) is 3.64. The molecule has 3 rings (SSSR count). The molecule has 1 saturated heterocycles. The number of pyridine rings is 1. The van der Waals surface area contributed by atoms with Gasteiger partial charge >= 0.3 is 5.97 Å². The molecule has 134 valence electrons. The fraction of sp³-hybridized carbons (Fsp3) is 0.556. The van der Waals surface area contributed by atoms with Crippen LogP contribution in [0.25, 0.3) is 0 Å². The lowest BCUT2D eigenvalue weighted by atomic mass is 9.88. The van der Waals surface area contributed by atoms with Gasteiger partial charge in [0.05, 0.1) is 0 Å². The summed E-state index contributed by atoms with van der Waals surface area (Å²) in [6.07, 6.45) is 7.44. The first-order valence-corrected chi connectivity index (χ1v) is 8.83. The van der Waals surface area contributed by atoms with Crippen LogP contribution in [-0.4, -0.2) is 51.9 Å². The van der Waals surface area contributed by atoms with Crippen molar-refractivity contribution in [1.82, 2.24) is 15.2 Å². The molecule has 1 aliphatic carbocycles. The lowest BCUT2D eigenvalue weighted by Crippen LogP contribution is -2.40. The van der Waals surface area contributed by atoms with Crippen molar-refractivity contribution in [1.29, 1.82) is 0 Å². The van der Waals surface area contributed by atoms with Crippen LogP contribution in [0, 0.1) is 5.92 Å². The summed E-state index contributed by atoms with van der Waals surface area (Å²) in [7, 11) is 0. The molecule has 7 heteroatoms. The quantitative estimate of drug-likeness (QED) is 0.865. The van der Waals surface area contributed by atoms with Crippen molar-refractivity contribution >= 4 is 17.8 Å². The van der Waals surface area contributed by atoms with Crippen molar-refractivity contribution in [3.63, 3.8) is 0 Å². The highest BCUT2D eigenvalue weighted by Crippen LogP contribution is 2.26. The van der Waals surface area contributed by atoms with Gasteiger partial charge in [-0.05, 0) is 31.4 Å². The van der Waals surface area contributed by atoms with E-state index in [4.69, 9.17) is 5.11 Å². The van der Waals surface area contributed by atoms with Crippen LogP contribution in [0.1, 0.15) is 59.4 Å². The van der Waals surface area contributed by atoms with Gasteiger partial charge in [-0.1, -0.05) is 19.3 Å². The average molecular weight is 345 g/mol. The Morgan fingerprint density at radius 2 is 1.92 bits per heavy atom. The molecule has 0 spiro atoms. The third kappa shape index (κ3) is 4.15. The van der Waals surface area contributed by atoms with E-state index >= 15 is 0 Å². The van der Waals surface area contributed by atoms with E-state index in [0.29, 0.717) is 13.1 Å². The molecule has 2 amide bonds. The number of carboxylic acids is 1. The van der Waals surface area contributed by atoms with Crippen molar-refractivity contribution in [2.24, 2.45) is 5.92 Å². The van der Waals surface area contributed by atoms with E-state index in [9.17, 15) is 14.4 Å². The Bertz CT molecular complexity index is 670. The third-order valence-corrected chi connectivity index (χ3v) is 5.03. The van der Waals surface area contributed by atoms with E-state index in [-0.39, 0.29) is 35.0 Å². The highest BCUT2D eigenvalue weighted by atomic mass is 16.4. The number of carboxylic acid groups (broad SMARTS) is 1. The summed E-state index contributed by atoms with van der Waals surface area (Å²) in [5.74, 6) is -1.14. The van der Waals surface area contributed by atoms with Crippen LogP contribution in [0.15, 0.2) is 18.3 Å². The number of nitrogens with zero attached hydrogens (tertiary/aromatic N) is 2. The Hall–Kier alpha value is -2.44. The van der Waals surface area contributed by atoms with Crippen LogP contribution < -0.4 is 5.32 Å². The molecule has 0 bridgehead atoms. The van der Waals surface area contributed by atoms with E-state index in [1.807, 2.05) is 4.90 Å². The number of hydrogen-bond acceptors (Lipinski definition) is 4. The maximum Gasteiger partial charge on any atom is 0.354 e. The van der Waals surface area contributed by atoms with Gasteiger partial charge in [0.15, 0.2) is 0 Å². The lowest BCUT2D eigenvalue weighted by Gasteiger charge is -2.26. The van der Waals surface area contributed by atoms with Gasteiger partial charge in [-0.15, -0.1) is 0 Å². The Labute approximate surface area is 146 Å². The summed E-state index contributed by atoms with van der Waals surface area (Å²) in [5, 5.41) is 11.9. The van der Waals surface area contributed by atoms with Crippen molar-refractivity contribution in [2.75, 3.05) is 13.1 Å². The average Bonchev–Trinajstić information content (AvgIpc) is 3.10. The molecule has 1 saturated carbocycles. The molecule has 1 aliphatic heterocycles. The van der Waals surface area contributed by atoms with Gasteiger partial charge in [0.25, 0.3) is 5.91 Å². The van der Waals surface area contributed by atoms with Crippen molar-refractivity contribution in [2.45, 2.75) is 44.6 Å². The highest BCUT2D eigenvalue weighted by Gasteiger charge is 2.32. The van der Waals surface area contributed by atoms with E-state index < -0.39 is 5.97 Å². The monoisotopic (exact) mass is 345 g/mol. The first-order chi connectivity index (χ1) is 12.0. The Morgan fingerprint density at radius 3 is 2.64 bits per heavy atom. The van der Waals surface area contributed by atoms with E-state index in [1.165, 1.54) is 24.8 Å². The Kier molecular flexibility index (Phi) is 5.31. The SMILES string of the molecule is O=C(NC1CCN(C(=O)C2CCCCC2)C1)c1ccnc(C(=O)O)c1. The number of aromatic nitrogens is 1. The summed E-state index contributed by atoms with van der Waals surface area (Å²) >= 11 is 0. The molecule has 1 aromatic rings. The number of amides is 2. The molecule has 1 aromatic heterocycles. The number of carbonyl (C=O) groups excluding carboxylic acids is 2. The van der Waals surface area contributed by atoms with Crippen LogP contribution in [0.5, 0.6) is 0 Å². The summed E-state index contributed by atoms with van der Waals surface area (Å²) in [4.78, 5) is 41.4. The second kappa shape index (κ2) is 7.63. The lowest BCUT2D eigenvalue weighted by molar-refractivity contribution is -0.135. The second-order valence-electron chi connectivity index (χ2n) is 6.81. The minimum Gasteiger partial charge on any atom is -0.477 e. The molecule has 0 radical (unpaired) electrons. The maximum absolute atomic E-state index is 12.6. The topological polar surface area (TPSA) is 99.6 Å². The molecule has 2 aliphatic rings. The molecular formula is C18H23N3O4. The predicted molar refractivity (Wildman–Crippen MR) is 90.2 cm³/mol. The van der Waals surface area contributed by atoms with Gasteiger partial charge in [0.1, 0.15) is 5.69 Å². The third-order valence-electron chi connectivity index (χ3n) is 5.03. The normalized spacial score (nSPS) is 21.1. The number of aromatic carboxylic acids is 1. The molecule has 2 heterocycles. The molecule has 1 atom stereocenters. The molecule has 0 aromatic carbocycles. The van der Waals surface area contributed by atoms with Crippen molar-refractivity contribution < 1.29 is 19.5 Å². The van der Waals surface area contributed by atoms with Crippen LogP contribution >= 0.6 is 0 Å². The van der Waals surface area contributed by atoms with Gasteiger partial charge in [0.2, 0.25) is 5.91 Å². The number of hydrogen-bond donors (Lipinski definition) is 2. The highest BCUT2D eigenvalue weighted by molar-refractivity contribution is 5.96. The minimum atomic E-state index is -1.17. The second-order valence-corrected chi connectivity index (χ2v) is 6.81. The van der Waals surface area contributed by atoms with Gasteiger partial charge in [-0.25, -0.2) is 9.78 Å². The molecule has 2 fully saturated rings. The first kappa shape index (κ1) is 17.4. The van der Waals surface area contributed by atoms with Crippen LogP contribution in [0.4, 0.5) is 0 Å². The molecule has 2 N–H and O–H groups in total. The van der Waals surface area contributed by atoms with Crippen molar-refractivity contribution in [3.05, 3.63) is 29.6 Å². The van der Waals surface area contributed by atoms with Gasteiger partial charge in [0, 0.05) is 36.8 Å². The zero-order valence-electron chi connectivity index (χ0n) is 14.1. The molecule has 1 unspecified atom stereocenters. The number of nitrogens with one attached hydrogen (secondary N) is 1. The van der Waals surface area contributed by atoms with E-state index in [2.05, 4.69) is 10.3 Å². The van der Waals surface area contributed by atoms with Crippen LogP contribution in [-0.2, 0) is 4.79 Å². The molecule has 25 heavy (non-hydrogen) atoms. The van der Waals surface area contributed by atoms with Gasteiger partial charge < -0.3 is 15.3 Å². The zero-order chi connectivity index (χ0) is 17.8. The fourth-order valence-corrected chi connectivity index (χ4v) is 3.64. The van der Waals surface area contributed by atoms with E-state index in [0.717, 1.165) is 32.1 Å². The zero-order valence-corrected chi connectivity index (χ0v) is 14.1. The van der Waals surface area contributed by atoms with Crippen LogP contribution in [0.3, 0.4) is 0 Å². The summed E-state index contributed by atoms with van der Waals surface area (Å²) in [5.41, 5.74) is 0.109. The number of carbonyl (C=O) groups is 3. The molecule has 7 nitrogen and oxygen atoms in total. The summed E-state index contributed by atoms with van der Waals surface area (Å²) in [6.45, 7) is 1.19. The maximum atomic E-state index is 12.6. The minimum absolute atomic E-state index is 0.0958. The predicted octanol–water partition coefficient (Wildman–Crippen LogP) is 1.69. The Balaban J connectivity index is 1.55. The standard InChI is InChI=1S/C18H23N3O4/c22-16(13-6-8-19-15(10-13)18(24)25)20-14-7-9-21(11-14)17(23)12-4-2-1-3-5-12/h6,8,10,12,14H,1-5,7,9,11H2,(H,20,22)(H,24,25). The van der Waals surface area contributed by atoms with Gasteiger partial charge in [-0.2, -0.15) is 0 Å². The van der Waals surface area contributed by atoms with Crippen LogP contribution in [0.2, 0.25) is 0 Å². The number of rotatable bonds is 4. The first-order valence-electron chi connectivity index (χ1n) is 8.83. The Morgan fingerprint density at radius 1 is 1.16 bits per heavy atom. The summed E-state index contributed by atoms with van der Waals surface area (Å²) in [6, 6.07) is 2.65. The van der Waals surface area contributed by atoms with Gasteiger partial charge in [-0.3, -0.25) is 9.59 Å². The molecular weight excluding hydrogens is 322 g/mol. The number of likely N-dealkylation sites (tertiary alicyclic amines) is 1. The van der Waals surface area contributed by atoms with E-state index in [1.54, 1.807) is 0 Å². The smallest absolute Gasteiger partial charge is 0.354 e. The largest absolute Gasteiger partial charge is 0.477 e. The van der Waals surface area contributed by atoms with Crippen molar-refractivity contribution in [3.8, 4) is 0 Å². The summed E-state index contributed by atoms with van der Waals surface area (Å²) < 4.78 is 0.